The van der Waals surface area contributed by atoms with E-state index in [1.807, 2.05) is 4.40 Å². The molecule has 8 nitrogen and oxygen atoms in total. The Morgan fingerprint density at radius 1 is 1.24 bits per heavy atom. The van der Waals surface area contributed by atoms with Gasteiger partial charge in [0.25, 0.3) is 5.69 Å². The van der Waals surface area contributed by atoms with Gasteiger partial charge in [-0.05, 0) is 12.1 Å². The van der Waals surface area contributed by atoms with E-state index in [0.29, 0.717) is 24.7 Å². The van der Waals surface area contributed by atoms with Crippen LogP contribution >= 0.6 is 0 Å². The van der Waals surface area contributed by atoms with Gasteiger partial charge in [0, 0.05) is 37.0 Å². The van der Waals surface area contributed by atoms with Gasteiger partial charge in [-0.25, -0.2) is 14.4 Å². The fourth-order valence-corrected chi connectivity index (χ4v) is 2.86. The number of nitro benzene ring substituents is 1. The fourth-order valence-electron chi connectivity index (χ4n) is 2.86. The second-order valence-corrected chi connectivity index (χ2v) is 5.62. The van der Waals surface area contributed by atoms with Crippen molar-refractivity contribution in [2.24, 2.45) is 0 Å². The number of ether oxygens (including phenoxy) is 1. The zero-order valence-electron chi connectivity index (χ0n) is 13.1. The number of nitrogens with zero attached hydrogens (tertiary/aromatic N) is 5. The maximum Gasteiger partial charge on any atom is 0.270 e. The second-order valence-electron chi connectivity index (χ2n) is 5.62. The topological polar surface area (TPSA) is 85.8 Å². The van der Waals surface area contributed by atoms with E-state index in [0.717, 1.165) is 31.0 Å². The summed E-state index contributed by atoms with van der Waals surface area (Å²) in [5.74, 6) is 0.726. The highest BCUT2D eigenvalue weighted by Crippen LogP contribution is 2.27. The predicted molar refractivity (Wildman–Crippen MR) is 88.1 cm³/mol. The minimum Gasteiger partial charge on any atom is -0.378 e. The Hall–Kier alpha value is -3.07. The van der Waals surface area contributed by atoms with E-state index in [2.05, 4.69) is 14.9 Å². The van der Waals surface area contributed by atoms with Gasteiger partial charge in [0.2, 0.25) is 5.78 Å². The van der Waals surface area contributed by atoms with Crippen LogP contribution in [-0.2, 0) is 4.74 Å². The molecule has 25 heavy (non-hydrogen) atoms. The van der Waals surface area contributed by atoms with Gasteiger partial charge in [0.15, 0.2) is 0 Å². The Kier molecular flexibility index (Phi) is 3.77. The van der Waals surface area contributed by atoms with E-state index >= 15 is 0 Å². The highest BCUT2D eigenvalue weighted by Gasteiger charge is 2.18. The van der Waals surface area contributed by atoms with Crippen molar-refractivity contribution >= 4 is 17.3 Å². The number of morpholine rings is 1. The number of rotatable bonds is 3. The predicted octanol–water partition coefficient (Wildman–Crippen LogP) is 2.28. The Morgan fingerprint density at radius 3 is 2.80 bits per heavy atom. The van der Waals surface area contributed by atoms with Crippen LogP contribution in [0.2, 0.25) is 0 Å². The minimum absolute atomic E-state index is 0.0765. The molecule has 0 spiro atoms. The van der Waals surface area contributed by atoms with E-state index in [9.17, 15) is 14.5 Å². The lowest BCUT2D eigenvalue weighted by Gasteiger charge is -2.27. The van der Waals surface area contributed by atoms with Gasteiger partial charge in [0.05, 0.1) is 30.0 Å². The molecule has 1 aliphatic heterocycles. The third kappa shape index (κ3) is 2.78. The molecule has 0 aliphatic carbocycles. The quantitative estimate of drug-likeness (QED) is 0.536. The molecule has 1 fully saturated rings. The van der Waals surface area contributed by atoms with Crippen LogP contribution in [-0.4, -0.2) is 45.6 Å². The van der Waals surface area contributed by atoms with Gasteiger partial charge >= 0.3 is 0 Å². The van der Waals surface area contributed by atoms with Gasteiger partial charge in [-0.2, -0.15) is 0 Å². The van der Waals surface area contributed by atoms with Crippen LogP contribution < -0.4 is 4.90 Å². The molecule has 3 aromatic rings. The van der Waals surface area contributed by atoms with Gasteiger partial charge < -0.3 is 9.64 Å². The van der Waals surface area contributed by atoms with Crippen molar-refractivity contribution in [2.45, 2.75) is 0 Å². The standard InChI is InChI=1S/C16H14FN5O3/c17-13-2-1-11(22(23)24)9-12(13)14-3-4-21-15(10-18-16(21)19-14)20-5-7-25-8-6-20/h1-4,9-10H,5-8H2. The summed E-state index contributed by atoms with van der Waals surface area (Å²) in [6.45, 7) is 2.82. The zero-order chi connectivity index (χ0) is 17.4. The fraction of sp³-hybridized carbons (Fsp3) is 0.250. The maximum absolute atomic E-state index is 14.1. The van der Waals surface area contributed by atoms with Crippen molar-refractivity contribution in [1.82, 2.24) is 14.4 Å². The van der Waals surface area contributed by atoms with E-state index in [1.165, 1.54) is 6.07 Å². The molecular formula is C16H14FN5O3. The van der Waals surface area contributed by atoms with Crippen molar-refractivity contribution in [3.63, 3.8) is 0 Å². The number of imidazole rings is 1. The molecule has 1 aromatic carbocycles. The summed E-state index contributed by atoms with van der Waals surface area (Å²) < 4.78 is 21.3. The molecule has 1 aliphatic rings. The molecule has 0 amide bonds. The normalized spacial score (nSPS) is 14.8. The Morgan fingerprint density at radius 2 is 2.04 bits per heavy atom. The smallest absolute Gasteiger partial charge is 0.270 e. The molecule has 9 heteroatoms. The Balaban J connectivity index is 1.75. The highest BCUT2D eigenvalue weighted by atomic mass is 19.1. The molecule has 0 unspecified atom stereocenters. The molecule has 1 saturated heterocycles. The number of aromatic nitrogens is 3. The zero-order valence-corrected chi connectivity index (χ0v) is 13.1. The van der Waals surface area contributed by atoms with Gasteiger partial charge in [-0.3, -0.25) is 14.5 Å². The van der Waals surface area contributed by atoms with Crippen molar-refractivity contribution in [3.05, 3.63) is 52.6 Å². The molecule has 0 saturated carbocycles. The first-order chi connectivity index (χ1) is 12.1. The van der Waals surface area contributed by atoms with Crippen molar-refractivity contribution in [1.29, 1.82) is 0 Å². The lowest BCUT2D eigenvalue weighted by Crippen LogP contribution is -2.36. The van der Waals surface area contributed by atoms with Crippen LogP contribution in [0.25, 0.3) is 17.0 Å². The number of hydrogen-bond donors (Lipinski definition) is 0. The molecule has 128 valence electrons. The first kappa shape index (κ1) is 15.5. The summed E-state index contributed by atoms with van der Waals surface area (Å²) in [4.78, 5) is 21.1. The van der Waals surface area contributed by atoms with Crippen LogP contribution in [0.4, 0.5) is 15.9 Å². The van der Waals surface area contributed by atoms with Crippen LogP contribution in [0.3, 0.4) is 0 Å². The number of nitro groups is 1. The third-order valence-electron chi connectivity index (χ3n) is 4.13. The summed E-state index contributed by atoms with van der Waals surface area (Å²) in [7, 11) is 0. The molecule has 2 aromatic heterocycles. The van der Waals surface area contributed by atoms with Crippen LogP contribution in [0.1, 0.15) is 0 Å². The van der Waals surface area contributed by atoms with Gasteiger partial charge in [-0.1, -0.05) is 0 Å². The van der Waals surface area contributed by atoms with Crippen molar-refractivity contribution < 1.29 is 14.1 Å². The first-order valence-electron chi connectivity index (χ1n) is 7.74. The molecule has 0 radical (unpaired) electrons. The summed E-state index contributed by atoms with van der Waals surface area (Å²) in [5.41, 5.74) is 0.191. The average Bonchev–Trinajstić information content (AvgIpc) is 3.05. The number of fused-ring (bicyclic) bond motifs is 1. The summed E-state index contributed by atoms with van der Waals surface area (Å²) in [6, 6.07) is 5.01. The average molecular weight is 343 g/mol. The van der Waals surface area contributed by atoms with E-state index in [4.69, 9.17) is 4.74 Å². The molecule has 0 atom stereocenters. The van der Waals surface area contributed by atoms with E-state index in [-0.39, 0.29) is 11.3 Å². The molecule has 4 rings (SSSR count). The van der Waals surface area contributed by atoms with E-state index < -0.39 is 10.7 Å². The van der Waals surface area contributed by atoms with Crippen molar-refractivity contribution in [3.8, 4) is 11.3 Å². The lowest BCUT2D eigenvalue weighted by molar-refractivity contribution is -0.384. The van der Waals surface area contributed by atoms with Crippen LogP contribution in [0.5, 0.6) is 0 Å². The number of benzene rings is 1. The first-order valence-corrected chi connectivity index (χ1v) is 7.74. The SMILES string of the molecule is O=[N+]([O-])c1ccc(F)c(-c2ccn3c(N4CCOCC4)cnc3n2)c1. The number of hydrogen-bond acceptors (Lipinski definition) is 6. The Bertz CT molecular complexity index is 952. The number of halogens is 1. The largest absolute Gasteiger partial charge is 0.378 e. The van der Waals surface area contributed by atoms with Crippen molar-refractivity contribution in [2.75, 3.05) is 31.2 Å². The molecule has 0 bridgehead atoms. The molecule has 3 heterocycles. The lowest BCUT2D eigenvalue weighted by atomic mass is 10.1. The maximum atomic E-state index is 14.1. The Labute approximate surface area is 141 Å². The number of non-ortho nitro benzene ring substituents is 1. The van der Waals surface area contributed by atoms with Crippen LogP contribution in [0.15, 0.2) is 36.7 Å². The summed E-state index contributed by atoms with van der Waals surface area (Å²) >= 11 is 0. The monoisotopic (exact) mass is 343 g/mol. The number of anilines is 1. The highest BCUT2D eigenvalue weighted by molar-refractivity contribution is 5.65. The molecular weight excluding hydrogens is 329 g/mol. The van der Waals surface area contributed by atoms with Gasteiger partial charge in [-0.15, -0.1) is 0 Å². The van der Waals surface area contributed by atoms with E-state index in [1.54, 1.807) is 18.5 Å². The van der Waals surface area contributed by atoms with Crippen LogP contribution in [0, 0.1) is 15.9 Å². The summed E-state index contributed by atoms with van der Waals surface area (Å²) in [5, 5.41) is 10.9. The minimum atomic E-state index is -0.567. The van der Waals surface area contributed by atoms with Gasteiger partial charge in [0.1, 0.15) is 11.6 Å². The summed E-state index contributed by atoms with van der Waals surface area (Å²) in [6.07, 6.45) is 3.45. The molecule has 0 N–H and O–H groups in total. The second kappa shape index (κ2) is 6.10. The third-order valence-corrected chi connectivity index (χ3v) is 4.13.